The van der Waals surface area contributed by atoms with Gasteiger partial charge in [-0.15, -0.1) is 0 Å². The van der Waals surface area contributed by atoms with Gasteiger partial charge in [-0.2, -0.15) is 0 Å². The van der Waals surface area contributed by atoms with E-state index < -0.39 is 0 Å². The molecule has 0 atom stereocenters. The van der Waals surface area contributed by atoms with Crippen molar-refractivity contribution < 1.29 is 9.47 Å². The molecule has 0 amide bonds. The van der Waals surface area contributed by atoms with Crippen molar-refractivity contribution in [1.29, 1.82) is 0 Å². The summed E-state index contributed by atoms with van der Waals surface area (Å²) in [5, 5.41) is 1.08. The minimum atomic E-state index is 0.481. The maximum absolute atomic E-state index is 5.68. The lowest BCUT2D eigenvalue weighted by atomic mass is 10.1. The molecule has 0 aliphatic heterocycles. The molecule has 1 heterocycles. The highest BCUT2D eigenvalue weighted by atomic mass is 16.5. The van der Waals surface area contributed by atoms with Gasteiger partial charge < -0.3 is 20.2 Å². The number of aromatic amines is 1. The van der Waals surface area contributed by atoms with Crippen LogP contribution in [0.25, 0.3) is 10.9 Å². The molecular weight excluding hydrogens is 192 g/mol. The molecule has 1 aromatic heterocycles. The zero-order chi connectivity index (χ0) is 10.8. The molecule has 0 spiro atoms. The SMILES string of the molecule is COc1cc(CN)c2cc[nH]c2c1OC. The Labute approximate surface area is 88.0 Å². The lowest BCUT2D eigenvalue weighted by molar-refractivity contribution is 0.357. The van der Waals surface area contributed by atoms with E-state index in [9.17, 15) is 0 Å². The highest BCUT2D eigenvalue weighted by Crippen LogP contribution is 2.36. The first kappa shape index (κ1) is 9.86. The van der Waals surface area contributed by atoms with Gasteiger partial charge in [-0.25, -0.2) is 0 Å². The Hall–Kier alpha value is -1.68. The van der Waals surface area contributed by atoms with Crippen LogP contribution in [0.1, 0.15) is 5.56 Å². The van der Waals surface area contributed by atoms with E-state index in [1.165, 1.54) is 0 Å². The van der Waals surface area contributed by atoms with E-state index in [2.05, 4.69) is 4.98 Å². The van der Waals surface area contributed by atoms with Crippen molar-refractivity contribution >= 4 is 10.9 Å². The summed E-state index contributed by atoms with van der Waals surface area (Å²) in [7, 11) is 3.24. The molecule has 3 N–H and O–H groups in total. The molecule has 0 radical (unpaired) electrons. The van der Waals surface area contributed by atoms with Gasteiger partial charge in [0.2, 0.25) is 0 Å². The second-order valence-electron chi connectivity index (χ2n) is 3.24. The molecule has 15 heavy (non-hydrogen) atoms. The molecule has 0 saturated carbocycles. The summed E-state index contributed by atoms with van der Waals surface area (Å²) in [4.78, 5) is 3.13. The van der Waals surface area contributed by atoms with E-state index in [1.807, 2.05) is 18.3 Å². The topological polar surface area (TPSA) is 60.3 Å². The van der Waals surface area contributed by atoms with E-state index in [0.717, 1.165) is 22.2 Å². The summed E-state index contributed by atoms with van der Waals surface area (Å²) >= 11 is 0. The highest BCUT2D eigenvalue weighted by Gasteiger charge is 2.13. The van der Waals surface area contributed by atoms with Gasteiger partial charge in [-0.3, -0.25) is 0 Å². The predicted octanol–water partition coefficient (Wildman–Crippen LogP) is 1.64. The number of hydrogen-bond donors (Lipinski definition) is 2. The van der Waals surface area contributed by atoms with Gasteiger partial charge in [0, 0.05) is 18.1 Å². The number of aromatic nitrogens is 1. The Morgan fingerprint density at radius 3 is 2.73 bits per heavy atom. The van der Waals surface area contributed by atoms with Crippen LogP contribution in [0.3, 0.4) is 0 Å². The monoisotopic (exact) mass is 206 g/mol. The molecule has 0 saturated heterocycles. The normalized spacial score (nSPS) is 10.6. The van der Waals surface area contributed by atoms with Gasteiger partial charge in [-0.1, -0.05) is 0 Å². The fraction of sp³-hybridized carbons (Fsp3) is 0.273. The Morgan fingerprint density at radius 1 is 1.33 bits per heavy atom. The van der Waals surface area contributed by atoms with Crippen molar-refractivity contribution in [2.75, 3.05) is 14.2 Å². The van der Waals surface area contributed by atoms with Crippen molar-refractivity contribution in [3.8, 4) is 11.5 Å². The van der Waals surface area contributed by atoms with Crippen molar-refractivity contribution in [1.82, 2.24) is 4.98 Å². The van der Waals surface area contributed by atoms with Gasteiger partial charge in [0.15, 0.2) is 11.5 Å². The predicted molar refractivity (Wildman–Crippen MR) is 59.3 cm³/mol. The number of rotatable bonds is 3. The second-order valence-corrected chi connectivity index (χ2v) is 3.24. The lowest BCUT2D eigenvalue weighted by Crippen LogP contribution is -1.99. The third kappa shape index (κ3) is 1.43. The van der Waals surface area contributed by atoms with Crippen LogP contribution in [0.4, 0.5) is 0 Å². The van der Waals surface area contributed by atoms with Crippen LogP contribution in [0.5, 0.6) is 11.5 Å². The number of nitrogens with one attached hydrogen (secondary N) is 1. The summed E-state index contributed by atoms with van der Waals surface area (Å²) < 4.78 is 10.6. The smallest absolute Gasteiger partial charge is 0.184 e. The van der Waals surface area contributed by atoms with E-state index in [1.54, 1.807) is 14.2 Å². The summed E-state index contributed by atoms with van der Waals surface area (Å²) in [6.07, 6.45) is 1.87. The van der Waals surface area contributed by atoms with Gasteiger partial charge >= 0.3 is 0 Å². The number of ether oxygens (including phenoxy) is 2. The quantitative estimate of drug-likeness (QED) is 0.802. The molecular formula is C11H14N2O2. The van der Waals surface area contributed by atoms with Gasteiger partial charge in [0.1, 0.15) is 0 Å². The summed E-state index contributed by atoms with van der Waals surface area (Å²) in [5.41, 5.74) is 7.65. The Kier molecular flexibility index (Phi) is 2.51. The third-order valence-corrected chi connectivity index (χ3v) is 2.49. The van der Waals surface area contributed by atoms with Gasteiger partial charge in [-0.05, 0) is 17.7 Å². The summed E-state index contributed by atoms with van der Waals surface area (Å²) in [5.74, 6) is 1.42. The largest absolute Gasteiger partial charge is 0.493 e. The number of benzene rings is 1. The Morgan fingerprint density at radius 2 is 2.13 bits per heavy atom. The number of hydrogen-bond acceptors (Lipinski definition) is 3. The maximum Gasteiger partial charge on any atom is 0.184 e. The molecule has 0 fully saturated rings. The molecule has 2 rings (SSSR count). The number of fused-ring (bicyclic) bond motifs is 1. The third-order valence-electron chi connectivity index (χ3n) is 2.49. The lowest BCUT2D eigenvalue weighted by Gasteiger charge is -2.11. The zero-order valence-electron chi connectivity index (χ0n) is 8.83. The fourth-order valence-corrected chi connectivity index (χ4v) is 1.77. The minimum Gasteiger partial charge on any atom is -0.493 e. The van der Waals surface area contributed by atoms with E-state index >= 15 is 0 Å². The first-order valence-electron chi connectivity index (χ1n) is 4.72. The molecule has 4 nitrogen and oxygen atoms in total. The van der Waals surface area contributed by atoms with Gasteiger partial charge in [0.25, 0.3) is 0 Å². The van der Waals surface area contributed by atoms with Gasteiger partial charge in [0.05, 0.1) is 19.7 Å². The molecule has 0 aliphatic carbocycles. The average molecular weight is 206 g/mol. The van der Waals surface area contributed by atoms with Crippen LogP contribution in [0.15, 0.2) is 18.3 Å². The van der Waals surface area contributed by atoms with E-state index in [4.69, 9.17) is 15.2 Å². The maximum atomic E-state index is 5.68. The minimum absolute atomic E-state index is 0.481. The number of nitrogens with two attached hydrogens (primary N) is 1. The summed E-state index contributed by atoms with van der Waals surface area (Å²) in [6, 6.07) is 3.90. The Balaban J connectivity index is 2.78. The van der Waals surface area contributed by atoms with Crippen LogP contribution in [-0.2, 0) is 6.54 Å². The first-order chi connectivity index (χ1) is 7.31. The van der Waals surface area contributed by atoms with Crippen LogP contribution in [-0.4, -0.2) is 19.2 Å². The molecule has 2 aromatic rings. The van der Waals surface area contributed by atoms with Crippen molar-refractivity contribution in [2.24, 2.45) is 5.73 Å². The average Bonchev–Trinajstić information content (AvgIpc) is 2.75. The van der Waals surface area contributed by atoms with Crippen LogP contribution in [0, 0.1) is 0 Å². The van der Waals surface area contributed by atoms with Crippen LogP contribution in [0.2, 0.25) is 0 Å². The molecule has 0 aliphatic rings. The fourth-order valence-electron chi connectivity index (χ4n) is 1.77. The molecule has 0 unspecified atom stereocenters. The number of methoxy groups -OCH3 is 2. The second kappa shape index (κ2) is 3.82. The van der Waals surface area contributed by atoms with E-state index in [-0.39, 0.29) is 0 Å². The van der Waals surface area contributed by atoms with Crippen LogP contribution >= 0.6 is 0 Å². The molecule has 1 aromatic carbocycles. The summed E-state index contributed by atoms with van der Waals surface area (Å²) in [6.45, 7) is 0.481. The zero-order valence-corrected chi connectivity index (χ0v) is 8.83. The standard InChI is InChI=1S/C11H14N2O2/c1-14-9-5-7(6-12)8-3-4-13-10(8)11(9)15-2/h3-5,13H,6,12H2,1-2H3. The van der Waals surface area contributed by atoms with Crippen molar-refractivity contribution in [3.05, 3.63) is 23.9 Å². The van der Waals surface area contributed by atoms with Crippen molar-refractivity contribution in [2.45, 2.75) is 6.54 Å². The first-order valence-corrected chi connectivity index (χ1v) is 4.72. The van der Waals surface area contributed by atoms with Crippen LogP contribution < -0.4 is 15.2 Å². The van der Waals surface area contributed by atoms with Crippen molar-refractivity contribution in [3.63, 3.8) is 0 Å². The molecule has 80 valence electrons. The highest BCUT2D eigenvalue weighted by molar-refractivity contribution is 5.90. The van der Waals surface area contributed by atoms with E-state index in [0.29, 0.717) is 12.3 Å². The Bertz CT molecular complexity index is 477. The molecule has 4 heteroatoms. The number of H-pyrrole nitrogens is 1. The molecule has 0 bridgehead atoms.